The third-order valence-electron chi connectivity index (χ3n) is 4.99. The molecule has 0 aromatic carbocycles. The van der Waals surface area contributed by atoms with E-state index in [4.69, 9.17) is 0 Å². The summed E-state index contributed by atoms with van der Waals surface area (Å²) < 4.78 is 0. The molecule has 0 aliphatic heterocycles. The summed E-state index contributed by atoms with van der Waals surface area (Å²) in [4.78, 5) is 0. The third-order valence-corrected chi connectivity index (χ3v) is 4.99. The molecule has 0 fully saturated rings. The first-order valence-corrected chi connectivity index (χ1v) is 11.3. The van der Waals surface area contributed by atoms with Crippen molar-refractivity contribution in [3.63, 3.8) is 0 Å². The summed E-state index contributed by atoms with van der Waals surface area (Å²) in [6.45, 7) is 11.8. The summed E-state index contributed by atoms with van der Waals surface area (Å²) in [5, 5.41) is 3.63. The van der Waals surface area contributed by atoms with Gasteiger partial charge in [-0.05, 0) is 37.8 Å². The molecule has 0 bridgehead atoms. The maximum atomic E-state index is 3.63. The van der Waals surface area contributed by atoms with Crippen LogP contribution in [-0.4, -0.2) is 13.1 Å². The van der Waals surface area contributed by atoms with Gasteiger partial charge >= 0.3 is 0 Å². The predicted octanol–water partition coefficient (Wildman–Crippen LogP) is 7.88. The molecular formula is C23H49N. The summed E-state index contributed by atoms with van der Waals surface area (Å²) in [6.07, 6.45) is 22.8. The van der Waals surface area contributed by atoms with E-state index in [9.17, 15) is 0 Å². The Balaban J connectivity index is 3.00. The molecule has 0 radical (unpaired) electrons. The van der Waals surface area contributed by atoms with Crippen molar-refractivity contribution in [2.45, 2.75) is 130 Å². The van der Waals surface area contributed by atoms with Crippen LogP contribution in [0.5, 0.6) is 0 Å². The van der Waals surface area contributed by atoms with Gasteiger partial charge in [-0.3, -0.25) is 0 Å². The van der Waals surface area contributed by atoms with Crippen LogP contribution in [0.15, 0.2) is 0 Å². The van der Waals surface area contributed by atoms with Gasteiger partial charge in [0.15, 0.2) is 0 Å². The number of rotatable bonds is 18. The average molecular weight is 340 g/mol. The molecule has 146 valence electrons. The Labute approximate surface area is 154 Å². The Morgan fingerprint density at radius 1 is 0.500 bits per heavy atom. The minimum absolute atomic E-state index is 0.524. The normalized spacial score (nSPS) is 12.0. The summed E-state index contributed by atoms with van der Waals surface area (Å²) in [5.74, 6) is 0. The molecule has 0 unspecified atom stereocenters. The summed E-state index contributed by atoms with van der Waals surface area (Å²) in [7, 11) is 0. The van der Waals surface area contributed by atoms with Gasteiger partial charge in [-0.1, -0.05) is 111 Å². The van der Waals surface area contributed by atoms with Crippen LogP contribution in [0.1, 0.15) is 130 Å². The SMILES string of the molecule is CCCCCCCCCCCCNCCCCCCCC(C)(C)C. The highest BCUT2D eigenvalue weighted by atomic mass is 14.8. The minimum atomic E-state index is 0.524. The largest absolute Gasteiger partial charge is 0.317 e. The lowest BCUT2D eigenvalue weighted by Crippen LogP contribution is -2.16. The molecule has 1 N–H and O–H groups in total. The molecule has 0 rings (SSSR count). The maximum absolute atomic E-state index is 3.63. The highest BCUT2D eigenvalue weighted by Crippen LogP contribution is 2.22. The maximum Gasteiger partial charge on any atom is -0.00489 e. The van der Waals surface area contributed by atoms with Crippen LogP contribution in [-0.2, 0) is 0 Å². The predicted molar refractivity (Wildman–Crippen MR) is 112 cm³/mol. The van der Waals surface area contributed by atoms with Crippen molar-refractivity contribution >= 4 is 0 Å². The molecule has 0 aliphatic rings. The topological polar surface area (TPSA) is 12.0 Å². The Morgan fingerprint density at radius 3 is 1.29 bits per heavy atom. The zero-order chi connectivity index (χ0) is 17.9. The second kappa shape index (κ2) is 17.8. The molecule has 0 saturated heterocycles. The van der Waals surface area contributed by atoms with Gasteiger partial charge in [-0.25, -0.2) is 0 Å². The molecule has 0 atom stereocenters. The monoisotopic (exact) mass is 339 g/mol. The van der Waals surface area contributed by atoms with Crippen molar-refractivity contribution in [2.24, 2.45) is 5.41 Å². The zero-order valence-corrected chi connectivity index (χ0v) is 17.7. The second-order valence-corrected chi connectivity index (χ2v) is 9.01. The molecule has 1 heteroatoms. The van der Waals surface area contributed by atoms with Gasteiger partial charge in [0.2, 0.25) is 0 Å². The molecule has 0 aromatic heterocycles. The molecule has 0 saturated carbocycles. The fourth-order valence-electron chi connectivity index (χ4n) is 3.30. The van der Waals surface area contributed by atoms with Crippen molar-refractivity contribution in [3.05, 3.63) is 0 Å². The quantitative estimate of drug-likeness (QED) is 0.250. The van der Waals surface area contributed by atoms with Crippen molar-refractivity contribution < 1.29 is 0 Å². The first-order valence-electron chi connectivity index (χ1n) is 11.3. The van der Waals surface area contributed by atoms with Gasteiger partial charge in [-0.15, -0.1) is 0 Å². The van der Waals surface area contributed by atoms with Gasteiger partial charge < -0.3 is 5.32 Å². The molecule has 0 aromatic rings. The Bertz CT molecular complexity index is 229. The number of unbranched alkanes of at least 4 members (excludes halogenated alkanes) is 13. The average Bonchev–Trinajstić information content (AvgIpc) is 2.52. The molecule has 24 heavy (non-hydrogen) atoms. The van der Waals surface area contributed by atoms with E-state index >= 15 is 0 Å². The molecule has 0 amide bonds. The lowest BCUT2D eigenvalue weighted by Gasteiger charge is -2.17. The van der Waals surface area contributed by atoms with E-state index in [1.165, 1.54) is 116 Å². The standard InChI is InChI=1S/C23H49N/c1-5-6-7-8-9-10-11-12-15-18-21-24-22-19-16-13-14-17-20-23(2,3)4/h24H,5-22H2,1-4H3. The molecule has 0 heterocycles. The number of hydrogen-bond donors (Lipinski definition) is 1. The van der Waals surface area contributed by atoms with Gasteiger partial charge in [-0.2, -0.15) is 0 Å². The van der Waals surface area contributed by atoms with Crippen LogP contribution in [0.2, 0.25) is 0 Å². The highest BCUT2D eigenvalue weighted by molar-refractivity contribution is 4.61. The van der Waals surface area contributed by atoms with E-state index in [0.717, 1.165) is 0 Å². The molecular weight excluding hydrogens is 290 g/mol. The highest BCUT2D eigenvalue weighted by Gasteiger charge is 2.08. The first kappa shape index (κ1) is 24.0. The summed E-state index contributed by atoms with van der Waals surface area (Å²) in [5.41, 5.74) is 0.524. The van der Waals surface area contributed by atoms with Crippen LogP contribution >= 0.6 is 0 Å². The Kier molecular flexibility index (Phi) is 17.7. The van der Waals surface area contributed by atoms with E-state index in [-0.39, 0.29) is 0 Å². The second-order valence-electron chi connectivity index (χ2n) is 9.01. The van der Waals surface area contributed by atoms with Gasteiger partial charge in [0.25, 0.3) is 0 Å². The number of hydrogen-bond acceptors (Lipinski definition) is 1. The van der Waals surface area contributed by atoms with Crippen molar-refractivity contribution in [2.75, 3.05) is 13.1 Å². The van der Waals surface area contributed by atoms with Gasteiger partial charge in [0.1, 0.15) is 0 Å². The molecule has 1 nitrogen and oxygen atoms in total. The van der Waals surface area contributed by atoms with Crippen LogP contribution in [0.4, 0.5) is 0 Å². The van der Waals surface area contributed by atoms with Crippen LogP contribution < -0.4 is 5.32 Å². The van der Waals surface area contributed by atoms with Crippen LogP contribution in [0, 0.1) is 5.41 Å². The zero-order valence-electron chi connectivity index (χ0n) is 17.7. The Hall–Kier alpha value is -0.0400. The van der Waals surface area contributed by atoms with Crippen LogP contribution in [0.3, 0.4) is 0 Å². The fourth-order valence-corrected chi connectivity index (χ4v) is 3.30. The molecule has 0 aliphatic carbocycles. The molecule has 0 spiro atoms. The minimum Gasteiger partial charge on any atom is -0.317 e. The fraction of sp³-hybridized carbons (Fsp3) is 1.00. The lowest BCUT2D eigenvalue weighted by atomic mass is 9.89. The van der Waals surface area contributed by atoms with E-state index in [2.05, 4.69) is 33.0 Å². The van der Waals surface area contributed by atoms with Crippen molar-refractivity contribution in [1.29, 1.82) is 0 Å². The van der Waals surface area contributed by atoms with Crippen molar-refractivity contribution in [3.8, 4) is 0 Å². The first-order chi connectivity index (χ1) is 11.6. The van der Waals surface area contributed by atoms with Gasteiger partial charge in [0, 0.05) is 0 Å². The third kappa shape index (κ3) is 22.0. The lowest BCUT2D eigenvalue weighted by molar-refractivity contribution is 0.356. The van der Waals surface area contributed by atoms with Gasteiger partial charge in [0.05, 0.1) is 0 Å². The van der Waals surface area contributed by atoms with E-state index < -0.39 is 0 Å². The van der Waals surface area contributed by atoms with E-state index in [1.807, 2.05) is 0 Å². The summed E-state index contributed by atoms with van der Waals surface area (Å²) >= 11 is 0. The van der Waals surface area contributed by atoms with Crippen molar-refractivity contribution in [1.82, 2.24) is 5.32 Å². The van der Waals surface area contributed by atoms with E-state index in [0.29, 0.717) is 5.41 Å². The van der Waals surface area contributed by atoms with E-state index in [1.54, 1.807) is 0 Å². The smallest absolute Gasteiger partial charge is 0.00489 e. The Morgan fingerprint density at radius 2 is 0.875 bits per heavy atom. The van der Waals surface area contributed by atoms with Crippen LogP contribution in [0.25, 0.3) is 0 Å². The summed E-state index contributed by atoms with van der Waals surface area (Å²) in [6, 6.07) is 0. The number of nitrogens with one attached hydrogen (secondary N) is 1.